The largest absolute Gasteiger partial charge is 0.345 e. The number of carbonyl (C=O) groups excluding carboxylic acids is 3. The number of aromatic nitrogens is 3. The van der Waals surface area contributed by atoms with Gasteiger partial charge in [-0.3, -0.25) is 25.2 Å². The Morgan fingerprint density at radius 1 is 1.00 bits per heavy atom. The van der Waals surface area contributed by atoms with Crippen LogP contribution in [-0.2, 0) is 20.9 Å². The normalized spacial score (nSPS) is 15.6. The molecule has 0 spiro atoms. The summed E-state index contributed by atoms with van der Waals surface area (Å²) in [5, 5.41) is 11.8. The Bertz CT molecular complexity index is 908. The lowest BCUT2D eigenvalue weighted by Crippen LogP contribution is -2.49. The zero-order valence-electron chi connectivity index (χ0n) is 15.8. The third-order valence-corrected chi connectivity index (χ3v) is 5.60. The predicted molar refractivity (Wildman–Crippen MR) is 106 cm³/mol. The van der Waals surface area contributed by atoms with E-state index in [2.05, 4.69) is 26.4 Å². The number of nitrogens with one attached hydrogen (secondary N) is 3. The molecule has 3 amide bonds. The minimum Gasteiger partial charge on any atom is -0.345 e. The molecule has 2 fully saturated rings. The highest BCUT2D eigenvalue weighted by Gasteiger charge is 2.30. The second kappa shape index (κ2) is 8.64. The number of benzene rings is 1. The molecule has 3 N–H and O–H groups in total. The van der Waals surface area contributed by atoms with Crippen LogP contribution in [0.1, 0.15) is 43.0 Å². The fourth-order valence-electron chi connectivity index (χ4n) is 2.79. The maximum atomic E-state index is 12.1. The topological polar surface area (TPSA) is 118 Å². The van der Waals surface area contributed by atoms with Gasteiger partial charge in [0.15, 0.2) is 5.16 Å². The van der Waals surface area contributed by atoms with E-state index in [0.29, 0.717) is 17.6 Å². The summed E-state index contributed by atoms with van der Waals surface area (Å²) in [5.41, 5.74) is 5.53. The zero-order chi connectivity index (χ0) is 20.2. The highest BCUT2D eigenvalue weighted by molar-refractivity contribution is 7.99. The molecule has 0 unspecified atom stereocenters. The smallest absolute Gasteiger partial charge is 0.327 e. The number of carbonyl (C=O) groups is 3. The first kappa shape index (κ1) is 19.4. The van der Waals surface area contributed by atoms with E-state index in [1.807, 2.05) is 34.9 Å². The molecular weight excluding hydrogens is 392 g/mol. The van der Waals surface area contributed by atoms with Gasteiger partial charge in [-0.25, -0.2) is 0 Å². The van der Waals surface area contributed by atoms with E-state index in [1.165, 1.54) is 11.8 Å². The number of amides is 3. The molecule has 2 aromatic rings. The molecule has 2 aliphatic rings. The number of hydrazine groups is 1. The van der Waals surface area contributed by atoms with Crippen LogP contribution in [0.5, 0.6) is 0 Å². The summed E-state index contributed by atoms with van der Waals surface area (Å²) in [6, 6.07) is 10.1. The Hall–Kier alpha value is -2.88. The lowest BCUT2D eigenvalue weighted by atomic mass is 10.2. The van der Waals surface area contributed by atoms with Crippen molar-refractivity contribution < 1.29 is 14.4 Å². The van der Waals surface area contributed by atoms with Gasteiger partial charge in [0.2, 0.25) is 5.91 Å². The van der Waals surface area contributed by atoms with Crippen molar-refractivity contribution >= 4 is 29.5 Å². The fourth-order valence-corrected chi connectivity index (χ4v) is 3.54. The minimum atomic E-state index is -0.876. The van der Waals surface area contributed by atoms with Crippen LogP contribution in [0.15, 0.2) is 35.5 Å². The number of rotatable bonds is 7. The van der Waals surface area contributed by atoms with Crippen molar-refractivity contribution in [2.45, 2.75) is 49.3 Å². The summed E-state index contributed by atoms with van der Waals surface area (Å²) in [6.45, 7) is 0.641. The SMILES string of the molecule is O=C(CSc1nnc(C2CC2)n1Cc1ccccc1)NNC(=O)C(=O)NC1CC1. The van der Waals surface area contributed by atoms with Gasteiger partial charge in [0.25, 0.3) is 0 Å². The van der Waals surface area contributed by atoms with Crippen LogP contribution in [0.25, 0.3) is 0 Å². The van der Waals surface area contributed by atoms with Gasteiger partial charge < -0.3 is 9.88 Å². The Morgan fingerprint density at radius 2 is 1.76 bits per heavy atom. The third-order valence-electron chi connectivity index (χ3n) is 4.64. The average Bonchev–Trinajstić information content (AvgIpc) is 3.66. The number of nitrogens with zero attached hydrogens (tertiary/aromatic N) is 3. The molecule has 0 bridgehead atoms. The predicted octanol–water partition coefficient (Wildman–Crippen LogP) is 0.722. The average molecular weight is 414 g/mol. The van der Waals surface area contributed by atoms with Gasteiger partial charge >= 0.3 is 11.8 Å². The van der Waals surface area contributed by atoms with Crippen molar-refractivity contribution in [1.29, 1.82) is 0 Å². The monoisotopic (exact) mass is 414 g/mol. The summed E-state index contributed by atoms with van der Waals surface area (Å²) >= 11 is 1.25. The number of hydrogen-bond acceptors (Lipinski definition) is 6. The molecule has 1 aromatic carbocycles. The number of hydrogen-bond donors (Lipinski definition) is 3. The third kappa shape index (κ3) is 5.35. The van der Waals surface area contributed by atoms with Gasteiger partial charge in [0.1, 0.15) is 5.82 Å². The molecule has 2 aliphatic carbocycles. The summed E-state index contributed by atoms with van der Waals surface area (Å²) in [5.74, 6) is -0.622. The quantitative estimate of drug-likeness (QED) is 0.349. The van der Waals surface area contributed by atoms with E-state index < -0.39 is 17.7 Å². The maximum absolute atomic E-state index is 12.1. The first-order valence-corrected chi connectivity index (χ1v) is 10.6. The second-order valence-electron chi connectivity index (χ2n) is 7.23. The van der Waals surface area contributed by atoms with Crippen molar-refractivity contribution in [3.8, 4) is 0 Å². The van der Waals surface area contributed by atoms with E-state index in [4.69, 9.17) is 0 Å². The van der Waals surface area contributed by atoms with Gasteiger partial charge in [0.05, 0.1) is 12.3 Å². The Labute approximate surface area is 172 Å². The molecule has 1 aromatic heterocycles. The lowest BCUT2D eigenvalue weighted by molar-refractivity contribution is -0.140. The molecule has 9 nitrogen and oxygen atoms in total. The van der Waals surface area contributed by atoms with Gasteiger partial charge in [-0.05, 0) is 31.2 Å². The van der Waals surface area contributed by atoms with Crippen LogP contribution >= 0.6 is 11.8 Å². The van der Waals surface area contributed by atoms with Crippen molar-refractivity contribution in [3.63, 3.8) is 0 Å². The molecular formula is C19H22N6O3S. The van der Waals surface area contributed by atoms with E-state index in [1.54, 1.807) is 0 Å². The van der Waals surface area contributed by atoms with Crippen molar-refractivity contribution in [2.75, 3.05) is 5.75 Å². The molecule has 1 heterocycles. The molecule has 0 atom stereocenters. The Balaban J connectivity index is 1.31. The van der Waals surface area contributed by atoms with Crippen molar-refractivity contribution in [3.05, 3.63) is 41.7 Å². The Morgan fingerprint density at radius 3 is 2.45 bits per heavy atom. The highest BCUT2D eigenvalue weighted by Crippen LogP contribution is 2.40. The van der Waals surface area contributed by atoms with Crippen LogP contribution in [-0.4, -0.2) is 44.3 Å². The van der Waals surface area contributed by atoms with Crippen LogP contribution in [0.2, 0.25) is 0 Å². The summed E-state index contributed by atoms with van der Waals surface area (Å²) in [7, 11) is 0. The summed E-state index contributed by atoms with van der Waals surface area (Å²) in [4.78, 5) is 35.3. The minimum absolute atomic E-state index is 0.0438. The van der Waals surface area contributed by atoms with Gasteiger partial charge in [-0.2, -0.15) is 0 Å². The zero-order valence-corrected chi connectivity index (χ0v) is 16.6. The van der Waals surface area contributed by atoms with Gasteiger partial charge in [-0.1, -0.05) is 42.1 Å². The van der Waals surface area contributed by atoms with Crippen LogP contribution in [0.3, 0.4) is 0 Å². The highest BCUT2D eigenvalue weighted by atomic mass is 32.2. The first-order valence-electron chi connectivity index (χ1n) is 9.59. The molecule has 0 aliphatic heterocycles. The van der Waals surface area contributed by atoms with Gasteiger partial charge in [-0.15, -0.1) is 10.2 Å². The van der Waals surface area contributed by atoms with Crippen LogP contribution in [0, 0.1) is 0 Å². The van der Waals surface area contributed by atoms with E-state index in [9.17, 15) is 14.4 Å². The Kier molecular flexibility index (Phi) is 5.79. The summed E-state index contributed by atoms with van der Waals surface area (Å²) in [6.07, 6.45) is 3.98. The molecule has 29 heavy (non-hydrogen) atoms. The maximum Gasteiger partial charge on any atom is 0.327 e. The van der Waals surface area contributed by atoms with Crippen molar-refractivity contribution in [2.24, 2.45) is 0 Å². The molecule has 152 valence electrons. The van der Waals surface area contributed by atoms with E-state index in [-0.39, 0.29) is 11.8 Å². The van der Waals surface area contributed by atoms with Gasteiger partial charge in [0, 0.05) is 12.0 Å². The van der Waals surface area contributed by atoms with Crippen LogP contribution < -0.4 is 16.2 Å². The van der Waals surface area contributed by atoms with E-state index >= 15 is 0 Å². The number of thioether (sulfide) groups is 1. The molecule has 4 rings (SSSR count). The molecule has 0 radical (unpaired) electrons. The summed E-state index contributed by atoms with van der Waals surface area (Å²) < 4.78 is 2.05. The standard InChI is InChI=1S/C19H22N6O3S/c26-15(21-23-18(28)17(27)20-14-8-9-14)11-29-19-24-22-16(13-6-7-13)25(19)10-12-4-2-1-3-5-12/h1-5,13-14H,6-11H2,(H,20,27)(H,21,26)(H,23,28). The van der Waals surface area contributed by atoms with E-state index in [0.717, 1.165) is 37.1 Å². The molecule has 10 heteroatoms. The second-order valence-corrected chi connectivity index (χ2v) is 8.17. The first-order chi connectivity index (χ1) is 14.1. The molecule has 2 saturated carbocycles. The van der Waals surface area contributed by atoms with Crippen molar-refractivity contribution in [1.82, 2.24) is 30.9 Å². The van der Waals surface area contributed by atoms with Crippen LogP contribution in [0.4, 0.5) is 0 Å². The lowest BCUT2D eigenvalue weighted by Gasteiger charge is -2.10. The fraction of sp³-hybridized carbons (Fsp3) is 0.421. The molecule has 0 saturated heterocycles.